The van der Waals surface area contributed by atoms with Gasteiger partial charge in [0.25, 0.3) is 0 Å². The van der Waals surface area contributed by atoms with Crippen molar-refractivity contribution in [2.45, 2.75) is 20.8 Å². The van der Waals surface area contributed by atoms with Gasteiger partial charge in [0.2, 0.25) is 0 Å². The van der Waals surface area contributed by atoms with Crippen molar-refractivity contribution in [3.63, 3.8) is 0 Å². The average molecular weight is 176 g/mol. The van der Waals surface area contributed by atoms with E-state index in [1.165, 1.54) is 5.70 Å². The molecule has 0 bridgehead atoms. The topological polar surface area (TPSA) is 15.6 Å². The van der Waals surface area contributed by atoms with E-state index in [1.807, 2.05) is 24.1 Å². The van der Waals surface area contributed by atoms with Crippen molar-refractivity contribution >= 4 is 6.21 Å². The highest BCUT2D eigenvalue weighted by molar-refractivity contribution is 5.53. The van der Waals surface area contributed by atoms with Crippen LogP contribution in [0.4, 0.5) is 0 Å². The molecular weight excluding hydrogens is 160 g/mol. The van der Waals surface area contributed by atoms with Crippen LogP contribution in [0.15, 0.2) is 41.3 Å². The summed E-state index contributed by atoms with van der Waals surface area (Å²) in [5, 5.41) is 6.14. The molecule has 2 nitrogen and oxygen atoms in total. The second-order valence-corrected chi connectivity index (χ2v) is 3.28. The normalized spacial score (nSPS) is 17.4. The number of hydrogen-bond acceptors (Lipinski definition) is 2. The Kier molecular flexibility index (Phi) is 3.07. The van der Waals surface area contributed by atoms with Crippen molar-refractivity contribution in [1.29, 1.82) is 0 Å². The fourth-order valence-corrected chi connectivity index (χ4v) is 1.26. The van der Waals surface area contributed by atoms with Gasteiger partial charge in [-0.1, -0.05) is 26.5 Å². The Hall–Kier alpha value is -1.31. The highest BCUT2D eigenvalue weighted by atomic mass is 15.5. The molecule has 2 heteroatoms. The Balaban J connectivity index is 2.95. The standard InChI is InChI=1S/C11H16N2/c1-5-12-13-10(4)7-6-8-11(13)9(2)3/h5-9H,4H2,1-3H3/b12-5-. The molecule has 0 radical (unpaired) electrons. The van der Waals surface area contributed by atoms with E-state index in [2.05, 4.69) is 31.6 Å². The van der Waals surface area contributed by atoms with Crippen LogP contribution in [0.25, 0.3) is 0 Å². The first-order valence-corrected chi connectivity index (χ1v) is 4.52. The summed E-state index contributed by atoms with van der Waals surface area (Å²) in [4.78, 5) is 0. The maximum Gasteiger partial charge on any atom is 0.0577 e. The predicted octanol–water partition coefficient (Wildman–Crippen LogP) is 2.92. The molecule has 1 rings (SSSR count). The van der Waals surface area contributed by atoms with Gasteiger partial charge in [-0.2, -0.15) is 5.10 Å². The van der Waals surface area contributed by atoms with Gasteiger partial charge in [0.1, 0.15) is 0 Å². The number of hydrogen-bond donors (Lipinski definition) is 0. The van der Waals surface area contributed by atoms with Gasteiger partial charge in [0.05, 0.1) is 5.70 Å². The van der Waals surface area contributed by atoms with Gasteiger partial charge in [0, 0.05) is 11.9 Å². The number of rotatable bonds is 2. The molecule has 0 aromatic carbocycles. The lowest BCUT2D eigenvalue weighted by molar-refractivity contribution is 0.414. The van der Waals surface area contributed by atoms with Crippen molar-refractivity contribution < 1.29 is 0 Å². The largest absolute Gasteiger partial charge is 0.239 e. The third-order valence-electron chi connectivity index (χ3n) is 1.89. The van der Waals surface area contributed by atoms with E-state index in [0.29, 0.717) is 5.92 Å². The molecule has 1 heterocycles. The highest BCUT2D eigenvalue weighted by Crippen LogP contribution is 2.24. The minimum Gasteiger partial charge on any atom is -0.239 e. The summed E-state index contributed by atoms with van der Waals surface area (Å²) in [5.41, 5.74) is 2.11. The summed E-state index contributed by atoms with van der Waals surface area (Å²) in [6.07, 6.45) is 7.82. The quantitative estimate of drug-likeness (QED) is 0.591. The van der Waals surface area contributed by atoms with Gasteiger partial charge in [-0.3, -0.25) is 0 Å². The lowest BCUT2D eigenvalue weighted by atomic mass is 10.1. The van der Waals surface area contributed by atoms with Gasteiger partial charge in [-0.25, -0.2) is 5.01 Å². The minimum absolute atomic E-state index is 0.463. The Morgan fingerprint density at radius 2 is 2.23 bits per heavy atom. The maximum absolute atomic E-state index is 4.26. The van der Waals surface area contributed by atoms with Crippen LogP contribution >= 0.6 is 0 Å². The molecule has 1 aliphatic rings. The molecule has 0 saturated carbocycles. The van der Waals surface area contributed by atoms with Crippen LogP contribution in [0.5, 0.6) is 0 Å². The second kappa shape index (κ2) is 4.08. The van der Waals surface area contributed by atoms with Crippen LogP contribution in [0.1, 0.15) is 20.8 Å². The molecule has 0 unspecified atom stereocenters. The maximum atomic E-state index is 4.26. The molecule has 0 aliphatic carbocycles. The molecule has 0 N–H and O–H groups in total. The van der Waals surface area contributed by atoms with Crippen molar-refractivity contribution in [1.82, 2.24) is 5.01 Å². The van der Waals surface area contributed by atoms with Crippen LogP contribution in [0.3, 0.4) is 0 Å². The minimum atomic E-state index is 0.463. The first kappa shape index (κ1) is 9.78. The van der Waals surface area contributed by atoms with Gasteiger partial charge in [-0.15, -0.1) is 0 Å². The average Bonchev–Trinajstić information content (AvgIpc) is 2.08. The summed E-state index contributed by atoms with van der Waals surface area (Å²) in [6, 6.07) is 0. The Labute approximate surface area is 79.9 Å². The molecule has 0 spiro atoms. The fraction of sp³-hybridized carbons (Fsp3) is 0.364. The molecule has 0 aromatic heterocycles. The fourth-order valence-electron chi connectivity index (χ4n) is 1.26. The first-order chi connectivity index (χ1) is 6.16. The molecule has 1 aliphatic heterocycles. The molecule has 70 valence electrons. The molecule has 0 atom stereocenters. The zero-order valence-corrected chi connectivity index (χ0v) is 8.49. The smallest absolute Gasteiger partial charge is 0.0577 e. The number of allylic oxidation sites excluding steroid dienone is 4. The Morgan fingerprint density at radius 3 is 2.77 bits per heavy atom. The third-order valence-corrected chi connectivity index (χ3v) is 1.89. The van der Waals surface area contributed by atoms with E-state index in [1.54, 1.807) is 6.21 Å². The zero-order chi connectivity index (χ0) is 9.84. The second-order valence-electron chi connectivity index (χ2n) is 3.28. The van der Waals surface area contributed by atoms with E-state index in [4.69, 9.17) is 0 Å². The summed E-state index contributed by atoms with van der Waals surface area (Å²) in [6.45, 7) is 10.1. The van der Waals surface area contributed by atoms with E-state index < -0.39 is 0 Å². The van der Waals surface area contributed by atoms with Crippen LogP contribution < -0.4 is 0 Å². The lowest BCUT2D eigenvalue weighted by Crippen LogP contribution is -2.20. The monoisotopic (exact) mass is 176 g/mol. The third kappa shape index (κ3) is 2.08. The number of nitrogens with zero attached hydrogens (tertiary/aromatic N) is 2. The van der Waals surface area contributed by atoms with E-state index >= 15 is 0 Å². The first-order valence-electron chi connectivity index (χ1n) is 4.52. The zero-order valence-electron chi connectivity index (χ0n) is 8.49. The molecule has 0 saturated heterocycles. The van der Waals surface area contributed by atoms with Gasteiger partial charge in [0.15, 0.2) is 0 Å². The highest BCUT2D eigenvalue weighted by Gasteiger charge is 2.15. The van der Waals surface area contributed by atoms with Crippen molar-refractivity contribution in [2.75, 3.05) is 0 Å². The van der Waals surface area contributed by atoms with Gasteiger partial charge < -0.3 is 0 Å². The van der Waals surface area contributed by atoms with Crippen molar-refractivity contribution in [3.05, 3.63) is 36.2 Å². The molecule has 0 amide bonds. The van der Waals surface area contributed by atoms with Crippen LogP contribution in [0.2, 0.25) is 0 Å². The van der Waals surface area contributed by atoms with E-state index in [9.17, 15) is 0 Å². The van der Waals surface area contributed by atoms with Crippen LogP contribution in [0, 0.1) is 5.92 Å². The van der Waals surface area contributed by atoms with E-state index in [0.717, 1.165) is 5.70 Å². The summed E-state index contributed by atoms with van der Waals surface area (Å²) < 4.78 is 0. The van der Waals surface area contributed by atoms with Gasteiger partial charge in [-0.05, 0) is 25.0 Å². The van der Waals surface area contributed by atoms with Crippen LogP contribution in [-0.4, -0.2) is 11.2 Å². The lowest BCUT2D eigenvalue weighted by Gasteiger charge is -2.27. The van der Waals surface area contributed by atoms with Crippen molar-refractivity contribution in [3.8, 4) is 0 Å². The summed E-state index contributed by atoms with van der Waals surface area (Å²) >= 11 is 0. The molecule has 0 fully saturated rings. The van der Waals surface area contributed by atoms with Crippen LogP contribution in [-0.2, 0) is 0 Å². The SMILES string of the molecule is C=C1C=CC=C(C(C)C)N1/N=C\C. The van der Waals surface area contributed by atoms with E-state index in [-0.39, 0.29) is 0 Å². The summed E-state index contributed by atoms with van der Waals surface area (Å²) in [5.74, 6) is 0.463. The molecular formula is C11H16N2. The summed E-state index contributed by atoms with van der Waals surface area (Å²) in [7, 11) is 0. The number of hydrazone groups is 1. The van der Waals surface area contributed by atoms with Gasteiger partial charge >= 0.3 is 0 Å². The predicted molar refractivity (Wildman–Crippen MR) is 57.2 cm³/mol. The molecule has 0 aromatic rings. The Morgan fingerprint density at radius 1 is 1.54 bits per heavy atom. The molecule has 13 heavy (non-hydrogen) atoms. The van der Waals surface area contributed by atoms with Crippen molar-refractivity contribution in [2.24, 2.45) is 11.0 Å². The Bertz CT molecular complexity index is 282.